The van der Waals surface area contributed by atoms with Gasteiger partial charge in [0, 0.05) is 28.6 Å². The molecule has 174 valence electrons. The van der Waals surface area contributed by atoms with E-state index in [1.165, 1.54) is 33.0 Å². The summed E-state index contributed by atoms with van der Waals surface area (Å²) in [6.45, 7) is 0. The molecule has 0 radical (unpaired) electrons. The molecule has 0 aliphatic heterocycles. The number of para-hydroxylation sites is 1. The Morgan fingerprint density at radius 3 is 1.86 bits per heavy atom. The Balaban J connectivity index is 1.44. The maximum absolute atomic E-state index is 6.49. The normalized spacial score (nSPS) is 11.2. The van der Waals surface area contributed by atoms with Gasteiger partial charge in [-0.05, 0) is 68.7 Å². The fraction of sp³-hybridized carbons (Fsp3) is 0. The summed E-state index contributed by atoms with van der Waals surface area (Å²) in [7, 11) is 0. The predicted molar refractivity (Wildman–Crippen MR) is 154 cm³/mol. The van der Waals surface area contributed by atoms with Gasteiger partial charge in [-0.25, -0.2) is 0 Å². The van der Waals surface area contributed by atoms with E-state index in [1.807, 2.05) is 42.7 Å². The van der Waals surface area contributed by atoms with Crippen LogP contribution in [0.3, 0.4) is 0 Å². The third kappa shape index (κ3) is 3.80. The van der Waals surface area contributed by atoms with Crippen LogP contribution in [-0.2, 0) is 0 Å². The maximum Gasteiger partial charge on any atom is 0.143 e. The van der Waals surface area contributed by atoms with Gasteiger partial charge in [0.05, 0.1) is 0 Å². The van der Waals surface area contributed by atoms with E-state index in [9.17, 15) is 0 Å². The lowest BCUT2D eigenvalue weighted by atomic mass is 9.90. The highest BCUT2D eigenvalue weighted by Crippen LogP contribution is 2.44. The van der Waals surface area contributed by atoms with Gasteiger partial charge in [0.2, 0.25) is 0 Å². The van der Waals surface area contributed by atoms with Crippen LogP contribution < -0.4 is 4.74 Å². The second-order valence-electron chi connectivity index (χ2n) is 9.23. The van der Waals surface area contributed by atoms with E-state index in [0.29, 0.717) is 0 Å². The molecule has 0 atom stereocenters. The van der Waals surface area contributed by atoms with E-state index in [1.54, 1.807) is 0 Å². The molecule has 0 saturated heterocycles. The van der Waals surface area contributed by atoms with Gasteiger partial charge in [-0.1, -0.05) is 97.1 Å². The zero-order valence-corrected chi connectivity index (χ0v) is 20.1. The van der Waals surface area contributed by atoms with Crippen molar-refractivity contribution in [3.05, 3.63) is 140 Å². The Morgan fingerprint density at radius 2 is 1.08 bits per heavy atom. The van der Waals surface area contributed by atoms with E-state index in [4.69, 9.17) is 4.74 Å². The average Bonchev–Trinajstić information content (AvgIpc) is 2.97. The minimum Gasteiger partial charge on any atom is -0.456 e. The molecule has 7 rings (SSSR count). The molecule has 2 heteroatoms. The van der Waals surface area contributed by atoms with Gasteiger partial charge in [-0.3, -0.25) is 4.98 Å². The summed E-state index contributed by atoms with van der Waals surface area (Å²) in [5.41, 5.74) is 4.79. The van der Waals surface area contributed by atoms with Crippen molar-refractivity contribution in [3.8, 4) is 33.8 Å². The molecule has 1 aromatic heterocycles. The smallest absolute Gasteiger partial charge is 0.143 e. The summed E-state index contributed by atoms with van der Waals surface area (Å²) in [5, 5.41) is 6.79. The van der Waals surface area contributed by atoms with Crippen LogP contribution in [0.1, 0.15) is 0 Å². The van der Waals surface area contributed by atoms with Crippen LogP contribution in [0.2, 0.25) is 0 Å². The van der Waals surface area contributed by atoms with Crippen LogP contribution in [0.5, 0.6) is 11.5 Å². The van der Waals surface area contributed by atoms with Gasteiger partial charge in [-0.2, -0.15) is 0 Å². The minimum atomic E-state index is 0.818. The van der Waals surface area contributed by atoms with Crippen LogP contribution >= 0.6 is 0 Å². The van der Waals surface area contributed by atoms with E-state index in [2.05, 4.69) is 102 Å². The summed E-state index contributed by atoms with van der Waals surface area (Å²) in [5.74, 6) is 1.68. The fourth-order valence-corrected chi connectivity index (χ4v) is 5.22. The molecule has 0 N–H and O–H groups in total. The molecule has 0 fully saturated rings. The monoisotopic (exact) mass is 473 g/mol. The third-order valence-electron chi connectivity index (χ3n) is 6.98. The van der Waals surface area contributed by atoms with Crippen LogP contribution in [0.4, 0.5) is 0 Å². The third-order valence-corrected chi connectivity index (χ3v) is 6.98. The molecule has 6 aromatic carbocycles. The van der Waals surface area contributed by atoms with Gasteiger partial charge in [0.15, 0.2) is 0 Å². The first-order chi connectivity index (χ1) is 18.3. The molecular weight excluding hydrogens is 450 g/mol. The van der Waals surface area contributed by atoms with E-state index in [-0.39, 0.29) is 0 Å². The lowest BCUT2D eigenvalue weighted by Crippen LogP contribution is -1.93. The Kier molecular flexibility index (Phi) is 5.15. The first-order valence-corrected chi connectivity index (χ1v) is 12.5. The van der Waals surface area contributed by atoms with Crippen molar-refractivity contribution in [2.24, 2.45) is 0 Å². The number of aromatic nitrogens is 1. The van der Waals surface area contributed by atoms with Crippen LogP contribution in [0.15, 0.2) is 140 Å². The number of rotatable bonds is 4. The largest absolute Gasteiger partial charge is 0.456 e. The first kappa shape index (κ1) is 21.3. The van der Waals surface area contributed by atoms with Gasteiger partial charge in [0.1, 0.15) is 11.5 Å². The first-order valence-electron chi connectivity index (χ1n) is 12.5. The van der Waals surface area contributed by atoms with E-state index >= 15 is 0 Å². The van der Waals surface area contributed by atoms with Crippen molar-refractivity contribution >= 4 is 32.3 Å². The Bertz CT molecular complexity index is 1840. The highest BCUT2D eigenvalue weighted by atomic mass is 16.5. The van der Waals surface area contributed by atoms with Gasteiger partial charge < -0.3 is 4.74 Å². The quantitative estimate of drug-likeness (QED) is 0.237. The Morgan fingerprint density at radius 1 is 0.459 bits per heavy atom. The molecule has 1 heterocycles. The maximum atomic E-state index is 6.49. The number of pyridine rings is 1. The molecule has 0 spiro atoms. The molecule has 0 saturated carbocycles. The standard InChI is InChI=1S/C35H23NO/c1-3-9-24(10-4-1)25-15-16-27-22-28(18-17-26(27)21-25)34-30-13-7-8-14-31(30)35(32-19-20-36-23-33(32)34)37-29-11-5-2-6-12-29/h1-23H. The number of benzene rings is 6. The SMILES string of the molecule is c1ccc(Oc2c3ccccc3c(-c3ccc4cc(-c5ccccc5)ccc4c3)c3cnccc23)cc1. The minimum absolute atomic E-state index is 0.818. The topological polar surface area (TPSA) is 22.1 Å². The highest BCUT2D eigenvalue weighted by Gasteiger charge is 2.17. The molecular formula is C35H23NO. The molecule has 37 heavy (non-hydrogen) atoms. The van der Waals surface area contributed by atoms with Crippen LogP contribution in [-0.4, -0.2) is 4.98 Å². The van der Waals surface area contributed by atoms with Gasteiger partial charge in [0.25, 0.3) is 0 Å². The second kappa shape index (κ2) is 8.92. The summed E-state index contributed by atoms with van der Waals surface area (Å²) in [6, 6.07) is 44.4. The lowest BCUT2D eigenvalue weighted by Gasteiger charge is -2.17. The second-order valence-corrected chi connectivity index (χ2v) is 9.23. The summed E-state index contributed by atoms with van der Waals surface area (Å²) >= 11 is 0. The molecule has 7 aromatic rings. The predicted octanol–water partition coefficient (Wildman–Crippen LogP) is 9.67. The molecule has 0 aliphatic rings. The zero-order valence-electron chi connectivity index (χ0n) is 20.1. The highest BCUT2D eigenvalue weighted by molar-refractivity contribution is 6.17. The number of hydrogen-bond acceptors (Lipinski definition) is 2. The molecule has 0 aliphatic carbocycles. The summed E-state index contributed by atoms with van der Waals surface area (Å²) in [6.07, 6.45) is 3.79. The van der Waals surface area contributed by atoms with Crippen molar-refractivity contribution in [3.63, 3.8) is 0 Å². The summed E-state index contributed by atoms with van der Waals surface area (Å²) in [4.78, 5) is 4.51. The molecule has 0 bridgehead atoms. The number of fused-ring (bicyclic) bond motifs is 3. The van der Waals surface area contributed by atoms with Gasteiger partial charge >= 0.3 is 0 Å². The summed E-state index contributed by atoms with van der Waals surface area (Å²) < 4.78 is 6.49. The molecule has 0 amide bonds. The fourth-order valence-electron chi connectivity index (χ4n) is 5.22. The van der Waals surface area contributed by atoms with Crippen molar-refractivity contribution in [2.45, 2.75) is 0 Å². The zero-order chi connectivity index (χ0) is 24.6. The van der Waals surface area contributed by atoms with Crippen molar-refractivity contribution < 1.29 is 4.74 Å². The molecule has 2 nitrogen and oxygen atoms in total. The van der Waals surface area contributed by atoms with Crippen molar-refractivity contribution in [1.82, 2.24) is 4.98 Å². The lowest BCUT2D eigenvalue weighted by molar-refractivity contribution is 0.494. The number of nitrogens with zero attached hydrogens (tertiary/aromatic N) is 1. The van der Waals surface area contributed by atoms with E-state index in [0.717, 1.165) is 33.0 Å². The number of ether oxygens (including phenoxy) is 1. The van der Waals surface area contributed by atoms with Crippen LogP contribution in [0, 0.1) is 0 Å². The molecule has 0 unspecified atom stereocenters. The van der Waals surface area contributed by atoms with Crippen molar-refractivity contribution in [1.29, 1.82) is 0 Å². The Hall–Kier alpha value is -4.95. The number of hydrogen-bond donors (Lipinski definition) is 0. The van der Waals surface area contributed by atoms with E-state index < -0.39 is 0 Å². The van der Waals surface area contributed by atoms with Crippen LogP contribution in [0.25, 0.3) is 54.6 Å². The Labute approximate surface area is 215 Å². The van der Waals surface area contributed by atoms with Gasteiger partial charge in [-0.15, -0.1) is 0 Å². The average molecular weight is 474 g/mol. The van der Waals surface area contributed by atoms with Crippen molar-refractivity contribution in [2.75, 3.05) is 0 Å².